The average molecular weight is 437 g/mol. The third-order valence-electron chi connectivity index (χ3n) is 6.51. The van der Waals surface area contributed by atoms with Gasteiger partial charge < -0.3 is 0 Å². The third kappa shape index (κ3) is 3.14. The van der Waals surface area contributed by atoms with Crippen molar-refractivity contribution in [2.45, 2.75) is 13.8 Å². The van der Waals surface area contributed by atoms with Gasteiger partial charge in [-0.2, -0.15) is 0 Å². The lowest BCUT2D eigenvalue weighted by Gasteiger charge is -2.30. The van der Waals surface area contributed by atoms with Gasteiger partial charge in [0.05, 0.1) is 0 Å². The van der Waals surface area contributed by atoms with Gasteiger partial charge in [-0.1, -0.05) is 72.2 Å². The Labute approximate surface area is 200 Å². The smallest absolute Gasteiger partial charge is 0.192 e. The molecule has 0 heterocycles. The summed E-state index contributed by atoms with van der Waals surface area (Å²) in [4.78, 5) is 26.8. The first kappa shape index (κ1) is 22.4. The van der Waals surface area contributed by atoms with Crippen LogP contribution in [-0.4, -0.2) is 11.6 Å². The molecule has 2 aliphatic carbocycles. The third-order valence-corrected chi connectivity index (χ3v) is 6.51. The summed E-state index contributed by atoms with van der Waals surface area (Å²) in [6.45, 7) is 3.33. The molecule has 2 aliphatic rings. The van der Waals surface area contributed by atoms with E-state index in [1.807, 2.05) is 24.3 Å². The van der Waals surface area contributed by atoms with E-state index in [9.17, 15) is 9.59 Å². The fourth-order valence-corrected chi connectivity index (χ4v) is 4.28. The van der Waals surface area contributed by atoms with Gasteiger partial charge in [0.1, 0.15) is 10.8 Å². The number of ketones is 2. The fraction of sp³-hybridized carbons (Fsp3) is 0.125. The van der Waals surface area contributed by atoms with E-state index in [0.29, 0.717) is 33.4 Å². The standard InChI is InChI=1S/C32H20O2/c1-7-31(5,8-2)27-19-25(21-15-11-13-17-23(21)29(27)33)26-20-28(32(6,9-3)10-4)30(34)24-18-14-12-16-22(24)26/h1-4,11-20H,5-6H3. The molecule has 0 spiro atoms. The Balaban J connectivity index is 2.18. The van der Waals surface area contributed by atoms with Gasteiger partial charge in [-0.25, -0.2) is 0 Å². The van der Waals surface area contributed by atoms with Crippen LogP contribution in [0.1, 0.15) is 45.7 Å². The Morgan fingerprint density at radius 2 is 0.853 bits per heavy atom. The molecule has 0 saturated heterocycles. The van der Waals surface area contributed by atoms with Crippen molar-refractivity contribution in [1.29, 1.82) is 0 Å². The summed E-state index contributed by atoms with van der Waals surface area (Å²) in [7, 11) is 0. The molecule has 0 amide bonds. The van der Waals surface area contributed by atoms with Gasteiger partial charge in [0.2, 0.25) is 0 Å². The van der Waals surface area contributed by atoms with Crippen LogP contribution >= 0.6 is 0 Å². The van der Waals surface area contributed by atoms with Crippen molar-refractivity contribution in [3.63, 3.8) is 0 Å². The summed E-state index contributed by atoms with van der Waals surface area (Å²) in [6.07, 6.45) is 26.5. The van der Waals surface area contributed by atoms with Crippen LogP contribution in [0.15, 0.2) is 71.8 Å². The maximum atomic E-state index is 13.4. The van der Waals surface area contributed by atoms with E-state index in [1.54, 1.807) is 50.3 Å². The van der Waals surface area contributed by atoms with Crippen LogP contribution in [0.4, 0.5) is 0 Å². The lowest BCUT2D eigenvalue weighted by molar-refractivity contribution is 0.101. The van der Waals surface area contributed by atoms with E-state index >= 15 is 0 Å². The topological polar surface area (TPSA) is 34.1 Å². The van der Waals surface area contributed by atoms with Crippen molar-refractivity contribution in [2.75, 3.05) is 0 Å². The lowest BCUT2D eigenvalue weighted by Crippen LogP contribution is -2.27. The van der Waals surface area contributed by atoms with Gasteiger partial charge in [0, 0.05) is 22.3 Å². The van der Waals surface area contributed by atoms with Crippen molar-refractivity contribution in [3.8, 4) is 49.4 Å². The molecule has 0 N–H and O–H groups in total. The second-order valence-electron chi connectivity index (χ2n) is 8.52. The number of Topliss-reactive ketones (excluding diaryl/α,β-unsaturated/α-hetero) is 2. The Kier molecular flexibility index (Phi) is 5.27. The minimum Gasteiger partial charge on any atom is -0.289 e. The summed E-state index contributed by atoms with van der Waals surface area (Å²) in [6, 6.07) is 14.5. The minimum absolute atomic E-state index is 0.222. The van der Waals surface area contributed by atoms with E-state index in [4.69, 9.17) is 25.7 Å². The summed E-state index contributed by atoms with van der Waals surface area (Å²) in [5.74, 6) is 9.91. The van der Waals surface area contributed by atoms with E-state index in [0.717, 1.165) is 11.1 Å². The number of rotatable bonds is 2. The predicted molar refractivity (Wildman–Crippen MR) is 136 cm³/mol. The number of terminal acetylenes is 4. The maximum absolute atomic E-state index is 13.4. The number of hydrogen-bond donors (Lipinski definition) is 0. The SMILES string of the molecule is C#CC(C)(C#C)C1=CC(=C2C=C(C(C)(C#C)C#C)C(=O)c3ccccc32)c2ccccc2C1=O. The molecule has 160 valence electrons. The zero-order valence-corrected chi connectivity index (χ0v) is 18.9. The molecule has 2 aromatic rings. The molecule has 2 heteroatoms. The van der Waals surface area contributed by atoms with Crippen LogP contribution in [-0.2, 0) is 0 Å². The van der Waals surface area contributed by atoms with Crippen LogP contribution in [0.3, 0.4) is 0 Å². The molecule has 4 rings (SSSR count). The number of benzene rings is 2. The number of hydrogen-bond acceptors (Lipinski definition) is 2. The normalized spacial score (nSPS) is 17.1. The second-order valence-corrected chi connectivity index (χ2v) is 8.52. The first-order chi connectivity index (χ1) is 16.2. The van der Waals surface area contributed by atoms with Crippen molar-refractivity contribution in [3.05, 3.63) is 94.1 Å². The van der Waals surface area contributed by atoms with Gasteiger partial charge in [0.25, 0.3) is 0 Å². The fourth-order valence-electron chi connectivity index (χ4n) is 4.28. The zero-order chi connectivity index (χ0) is 24.7. The predicted octanol–water partition coefficient (Wildman–Crippen LogP) is 5.39. The Morgan fingerprint density at radius 3 is 1.15 bits per heavy atom. The maximum Gasteiger partial charge on any atom is 0.192 e. The molecule has 2 nitrogen and oxygen atoms in total. The summed E-state index contributed by atoms with van der Waals surface area (Å²) in [5, 5.41) is 0. The second kappa shape index (κ2) is 7.98. The van der Waals surface area contributed by atoms with Gasteiger partial charge in [0.15, 0.2) is 11.6 Å². The molecule has 34 heavy (non-hydrogen) atoms. The minimum atomic E-state index is -1.21. The average Bonchev–Trinajstić information content (AvgIpc) is 2.89. The zero-order valence-electron chi connectivity index (χ0n) is 18.9. The van der Waals surface area contributed by atoms with Crippen LogP contribution in [0.25, 0.3) is 11.1 Å². The molecule has 0 fully saturated rings. The highest BCUT2D eigenvalue weighted by molar-refractivity contribution is 6.24. The number of allylic oxidation sites excluding steroid dienone is 6. The van der Waals surface area contributed by atoms with Gasteiger partial charge in [-0.15, -0.1) is 25.7 Å². The first-order valence-corrected chi connectivity index (χ1v) is 10.6. The molecule has 0 bridgehead atoms. The lowest BCUT2D eigenvalue weighted by atomic mass is 9.70. The highest BCUT2D eigenvalue weighted by Gasteiger charge is 2.38. The molecule has 0 aliphatic heterocycles. The summed E-state index contributed by atoms with van der Waals surface area (Å²) in [5.41, 5.74) is 2.06. The van der Waals surface area contributed by atoms with Crippen LogP contribution < -0.4 is 0 Å². The monoisotopic (exact) mass is 436 g/mol. The van der Waals surface area contributed by atoms with E-state index in [-0.39, 0.29) is 11.6 Å². The summed E-state index contributed by atoms with van der Waals surface area (Å²) >= 11 is 0. The van der Waals surface area contributed by atoms with Crippen LogP contribution in [0, 0.1) is 60.2 Å². The van der Waals surface area contributed by atoms with E-state index in [2.05, 4.69) is 23.7 Å². The Hall–Kier alpha value is -4.76. The first-order valence-electron chi connectivity index (χ1n) is 10.6. The van der Waals surface area contributed by atoms with Crippen LogP contribution in [0.2, 0.25) is 0 Å². The van der Waals surface area contributed by atoms with E-state index in [1.165, 1.54) is 0 Å². The molecule has 0 radical (unpaired) electrons. The molecule has 0 aromatic heterocycles. The van der Waals surface area contributed by atoms with Crippen molar-refractivity contribution in [1.82, 2.24) is 0 Å². The molecule has 0 atom stereocenters. The molecular formula is C32H20O2. The van der Waals surface area contributed by atoms with E-state index < -0.39 is 10.8 Å². The molecule has 0 saturated carbocycles. The summed E-state index contributed by atoms with van der Waals surface area (Å²) < 4.78 is 0. The Bertz CT molecular complexity index is 1400. The number of fused-ring (bicyclic) bond motifs is 2. The molecular weight excluding hydrogens is 416 g/mol. The highest BCUT2D eigenvalue weighted by atomic mass is 16.1. The number of carbonyl (C=O) groups excluding carboxylic acids is 2. The van der Waals surface area contributed by atoms with Gasteiger partial charge in [-0.05, 0) is 48.3 Å². The van der Waals surface area contributed by atoms with Crippen molar-refractivity contribution in [2.24, 2.45) is 10.8 Å². The van der Waals surface area contributed by atoms with Gasteiger partial charge in [-0.3, -0.25) is 9.59 Å². The van der Waals surface area contributed by atoms with Crippen molar-refractivity contribution < 1.29 is 9.59 Å². The van der Waals surface area contributed by atoms with Crippen LogP contribution in [0.5, 0.6) is 0 Å². The number of carbonyl (C=O) groups is 2. The highest BCUT2D eigenvalue weighted by Crippen LogP contribution is 2.45. The molecule has 2 aromatic carbocycles. The molecule has 0 unspecified atom stereocenters. The Morgan fingerprint density at radius 1 is 0.559 bits per heavy atom. The van der Waals surface area contributed by atoms with Gasteiger partial charge >= 0.3 is 0 Å². The quantitative estimate of drug-likeness (QED) is 0.592. The largest absolute Gasteiger partial charge is 0.289 e. The van der Waals surface area contributed by atoms with Crippen molar-refractivity contribution >= 4 is 22.7 Å².